The van der Waals surface area contributed by atoms with Crippen molar-refractivity contribution in [1.29, 1.82) is 0 Å². The molecule has 0 N–H and O–H groups in total. The zero-order chi connectivity index (χ0) is 13.1. The van der Waals surface area contributed by atoms with E-state index in [-0.39, 0.29) is 11.1 Å². The van der Waals surface area contributed by atoms with Crippen LogP contribution in [-0.2, 0) is 5.33 Å². The molecule has 0 unspecified atom stereocenters. The van der Waals surface area contributed by atoms with Gasteiger partial charge in [-0.15, -0.1) is 13.2 Å². The lowest BCUT2D eigenvalue weighted by Gasteiger charge is -2.13. The van der Waals surface area contributed by atoms with E-state index in [1.54, 1.807) is 0 Å². The average molecular weight is 321 g/mol. The van der Waals surface area contributed by atoms with Crippen molar-refractivity contribution in [1.82, 2.24) is 0 Å². The van der Waals surface area contributed by atoms with Crippen molar-refractivity contribution in [2.75, 3.05) is 0 Å². The van der Waals surface area contributed by atoms with Gasteiger partial charge in [0, 0.05) is 17.0 Å². The summed E-state index contributed by atoms with van der Waals surface area (Å²) in [6, 6.07) is 2.98. The van der Waals surface area contributed by atoms with E-state index in [0.29, 0.717) is 5.56 Å². The number of hydrogen-bond donors (Lipinski definition) is 0. The maximum Gasteiger partial charge on any atom is 0.573 e. The van der Waals surface area contributed by atoms with Gasteiger partial charge in [0.2, 0.25) is 0 Å². The highest BCUT2D eigenvalue weighted by atomic mass is 79.9. The molecule has 1 aromatic rings. The molecular weight excluding hydrogens is 315 g/mol. The number of rotatable bonds is 4. The molecule has 1 aromatic carbocycles. The number of ether oxygens (including phenoxy) is 2. The molecule has 0 aliphatic carbocycles. The molecule has 0 fully saturated rings. The van der Waals surface area contributed by atoms with Gasteiger partial charge in [0.1, 0.15) is 11.5 Å². The second-order valence-electron chi connectivity index (χ2n) is 2.83. The van der Waals surface area contributed by atoms with Crippen LogP contribution in [0.4, 0.5) is 22.0 Å². The summed E-state index contributed by atoms with van der Waals surface area (Å²) in [4.78, 5) is 0. The minimum Gasteiger partial charge on any atom is -0.434 e. The van der Waals surface area contributed by atoms with Crippen molar-refractivity contribution in [2.24, 2.45) is 0 Å². The summed E-state index contributed by atoms with van der Waals surface area (Å²) in [5.74, 6) is -0.975. The maximum atomic E-state index is 12.0. The summed E-state index contributed by atoms with van der Waals surface area (Å²) in [6.07, 6.45) is -4.88. The van der Waals surface area contributed by atoms with Gasteiger partial charge in [-0.1, -0.05) is 22.0 Å². The van der Waals surface area contributed by atoms with E-state index in [2.05, 4.69) is 25.4 Å². The molecule has 0 radical (unpaired) electrons. The lowest BCUT2D eigenvalue weighted by molar-refractivity contribution is -0.274. The number of alkyl halides is 6. The Bertz CT molecular complexity index is 380. The third-order valence-electron chi connectivity index (χ3n) is 1.63. The fraction of sp³-hybridized carbons (Fsp3) is 0.333. The molecule has 0 heterocycles. The van der Waals surface area contributed by atoms with Crippen LogP contribution in [0.15, 0.2) is 18.2 Å². The number of hydrogen-bond acceptors (Lipinski definition) is 2. The zero-order valence-electron chi connectivity index (χ0n) is 8.10. The zero-order valence-corrected chi connectivity index (χ0v) is 9.69. The van der Waals surface area contributed by atoms with Gasteiger partial charge in [-0.3, -0.25) is 0 Å². The topological polar surface area (TPSA) is 18.5 Å². The Morgan fingerprint density at radius 2 is 1.88 bits per heavy atom. The van der Waals surface area contributed by atoms with E-state index in [4.69, 9.17) is 0 Å². The molecule has 0 aliphatic rings. The molecular formula is C9H6BrF5O2. The second kappa shape index (κ2) is 5.52. The van der Waals surface area contributed by atoms with Crippen molar-refractivity contribution in [2.45, 2.75) is 18.3 Å². The normalized spacial score (nSPS) is 11.7. The van der Waals surface area contributed by atoms with Gasteiger partial charge >= 0.3 is 13.0 Å². The van der Waals surface area contributed by atoms with Gasteiger partial charge in [-0.25, -0.2) is 0 Å². The van der Waals surface area contributed by atoms with Crippen molar-refractivity contribution in [3.8, 4) is 11.5 Å². The first-order chi connectivity index (χ1) is 7.81. The summed E-state index contributed by atoms with van der Waals surface area (Å²) >= 11 is 3.00. The molecule has 17 heavy (non-hydrogen) atoms. The second-order valence-corrected chi connectivity index (χ2v) is 3.39. The molecule has 0 saturated carbocycles. The predicted molar refractivity (Wildman–Crippen MR) is 52.4 cm³/mol. The van der Waals surface area contributed by atoms with Gasteiger partial charge in [0.05, 0.1) is 0 Å². The SMILES string of the molecule is FC(F)Oc1cc(OC(F)(F)F)ccc1CBr. The quantitative estimate of drug-likeness (QED) is 0.614. The molecule has 0 spiro atoms. The highest BCUT2D eigenvalue weighted by Gasteiger charge is 2.31. The van der Waals surface area contributed by atoms with E-state index in [0.717, 1.165) is 12.1 Å². The van der Waals surface area contributed by atoms with Gasteiger partial charge in [-0.2, -0.15) is 8.78 Å². The van der Waals surface area contributed by atoms with Crippen molar-refractivity contribution in [3.05, 3.63) is 23.8 Å². The number of halogens is 6. The van der Waals surface area contributed by atoms with Crippen molar-refractivity contribution in [3.63, 3.8) is 0 Å². The van der Waals surface area contributed by atoms with Crippen LogP contribution in [0, 0.1) is 0 Å². The Hall–Kier alpha value is -1.05. The fourth-order valence-electron chi connectivity index (χ4n) is 1.05. The average Bonchev–Trinajstić information content (AvgIpc) is 2.14. The van der Waals surface area contributed by atoms with Crippen LogP contribution in [0.1, 0.15) is 5.56 Å². The Balaban J connectivity index is 2.96. The summed E-state index contributed by atoms with van der Waals surface area (Å²) < 4.78 is 67.4. The van der Waals surface area contributed by atoms with E-state index >= 15 is 0 Å². The molecule has 96 valence electrons. The molecule has 0 aromatic heterocycles. The summed E-state index contributed by atoms with van der Waals surface area (Å²) in [5.41, 5.74) is 0.292. The first kappa shape index (κ1) is 14.0. The smallest absolute Gasteiger partial charge is 0.434 e. The Morgan fingerprint density at radius 1 is 1.24 bits per heavy atom. The molecule has 1 rings (SSSR count). The molecule has 8 heteroatoms. The van der Waals surface area contributed by atoms with E-state index in [1.165, 1.54) is 6.07 Å². The van der Waals surface area contributed by atoms with E-state index in [1.807, 2.05) is 0 Å². The van der Waals surface area contributed by atoms with Gasteiger partial charge in [0.25, 0.3) is 0 Å². The van der Waals surface area contributed by atoms with Gasteiger partial charge < -0.3 is 9.47 Å². The fourth-order valence-corrected chi connectivity index (χ4v) is 1.51. The molecule has 0 atom stereocenters. The Kier molecular flexibility index (Phi) is 4.55. The van der Waals surface area contributed by atoms with Crippen LogP contribution in [0.2, 0.25) is 0 Å². The van der Waals surface area contributed by atoms with E-state index in [9.17, 15) is 22.0 Å². The van der Waals surface area contributed by atoms with Crippen LogP contribution in [0.25, 0.3) is 0 Å². The number of benzene rings is 1. The van der Waals surface area contributed by atoms with Crippen LogP contribution >= 0.6 is 15.9 Å². The molecule has 0 amide bonds. The van der Waals surface area contributed by atoms with Crippen LogP contribution in [0.3, 0.4) is 0 Å². The molecule has 0 saturated heterocycles. The van der Waals surface area contributed by atoms with Crippen LogP contribution < -0.4 is 9.47 Å². The summed E-state index contributed by atoms with van der Waals surface area (Å²) in [5, 5.41) is 0.168. The summed E-state index contributed by atoms with van der Waals surface area (Å²) in [7, 11) is 0. The standard InChI is InChI=1S/C9H6BrF5O2/c10-4-5-1-2-6(17-9(13,14)15)3-7(5)16-8(11)12/h1-3,8H,4H2. The minimum atomic E-state index is -4.88. The van der Waals surface area contributed by atoms with Crippen LogP contribution in [-0.4, -0.2) is 13.0 Å². The highest BCUT2D eigenvalue weighted by Crippen LogP contribution is 2.31. The van der Waals surface area contributed by atoms with E-state index < -0.39 is 18.7 Å². The minimum absolute atomic E-state index is 0.168. The Labute approximate surface area is 101 Å². The lowest BCUT2D eigenvalue weighted by Crippen LogP contribution is -2.17. The highest BCUT2D eigenvalue weighted by molar-refractivity contribution is 9.08. The predicted octanol–water partition coefficient (Wildman–Crippen LogP) is 4.08. The third kappa shape index (κ3) is 4.76. The van der Waals surface area contributed by atoms with Crippen molar-refractivity contribution < 1.29 is 31.4 Å². The first-order valence-electron chi connectivity index (χ1n) is 4.21. The maximum absolute atomic E-state index is 12.0. The molecule has 2 nitrogen and oxygen atoms in total. The third-order valence-corrected chi connectivity index (χ3v) is 2.24. The lowest BCUT2D eigenvalue weighted by atomic mass is 10.2. The van der Waals surface area contributed by atoms with Crippen molar-refractivity contribution >= 4 is 15.9 Å². The first-order valence-corrected chi connectivity index (χ1v) is 5.33. The molecule has 0 aliphatic heterocycles. The Morgan fingerprint density at radius 3 is 2.35 bits per heavy atom. The van der Waals surface area contributed by atoms with Gasteiger partial charge in [-0.05, 0) is 6.07 Å². The van der Waals surface area contributed by atoms with Gasteiger partial charge in [0.15, 0.2) is 0 Å². The van der Waals surface area contributed by atoms with Crippen LogP contribution in [0.5, 0.6) is 11.5 Å². The monoisotopic (exact) mass is 320 g/mol. The summed E-state index contributed by atoms with van der Waals surface area (Å²) in [6.45, 7) is -3.12. The molecule has 0 bridgehead atoms. The largest absolute Gasteiger partial charge is 0.573 e.